The van der Waals surface area contributed by atoms with Gasteiger partial charge in [0, 0.05) is 17.0 Å². The summed E-state index contributed by atoms with van der Waals surface area (Å²) in [5, 5.41) is 4.82. The van der Waals surface area contributed by atoms with Gasteiger partial charge in [0.15, 0.2) is 17.3 Å². The molecular formula is C24H22ClN3O4S. The van der Waals surface area contributed by atoms with Gasteiger partial charge in [0.2, 0.25) is 0 Å². The van der Waals surface area contributed by atoms with Crippen LogP contribution in [0.3, 0.4) is 0 Å². The second-order valence-electron chi connectivity index (χ2n) is 7.16. The molecule has 33 heavy (non-hydrogen) atoms. The molecule has 9 heteroatoms. The summed E-state index contributed by atoms with van der Waals surface area (Å²) in [6.45, 7) is 2.45. The van der Waals surface area contributed by atoms with Crippen molar-refractivity contribution >= 4 is 44.9 Å². The summed E-state index contributed by atoms with van der Waals surface area (Å²) < 4.78 is 15.5. The van der Waals surface area contributed by atoms with Crippen molar-refractivity contribution in [2.75, 3.05) is 26.6 Å². The molecule has 0 fully saturated rings. The number of carbonyl (C=O) groups is 1. The largest absolute Gasteiger partial charge is 0.493 e. The molecule has 4 rings (SSSR count). The second-order valence-corrected chi connectivity index (χ2v) is 8.74. The van der Waals surface area contributed by atoms with E-state index in [-0.39, 0.29) is 0 Å². The quantitative estimate of drug-likeness (QED) is 0.336. The van der Waals surface area contributed by atoms with E-state index in [4.69, 9.17) is 35.8 Å². The zero-order valence-corrected chi connectivity index (χ0v) is 20.1. The van der Waals surface area contributed by atoms with Crippen molar-refractivity contribution in [3.05, 3.63) is 63.5 Å². The van der Waals surface area contributed by atoms with Gasteiger partial charge in [0.1, 0.15) is 10.6 Å². The number of hydrogen-bond donors (Lipinski definition) is 1. The van der Waals surface area contributed by atoms with Crippen LogP contribution in [0.5, 0.6) is 11.5 Å². The molecule has 7 nitrogen and oxygen atoms in total. The summed E-state index contributed by atoms with van der Waals surface area (Å²) in [5.74, 6) is 2.10. The first-order valence-corrected chi connectivity index (χ1v) is 11.2. The van der Waals surface area contributed by atoms with Gasteiger partial charge in [0.25, 0.3) is 0 Å². The zero-order chi connectivity index (χ0) is 23.5. The van der Waals surface area contributed by atoms with E-state index in [2.05, 4.69) is 5.32 Å². The van der Waals surface area contributed by atoms with Crippen LogP contribution in [0.2, 0.25) is 5.02 Å². The number of halogens is 1. The fraction of sp³-hybridized carbons (Fsp3) is 0.208. The Hall–Kier alpha value is -3.36. The van der Waals surface area contributed by atoms with Gasteiger partial charge in [0.05, 0.1) is 37.3 Å². The molecule has 0 aliphatic rings. The maximum absolute atomic E-state index is 11.7. The molecule has 0 saturated carbocycles. The van der Waals surface area contributed by atoms with Crippen molar-refractivity contribution in [1.82, 2.24) is 9.97 Å². The number of nitrogens with zero attached hydrogens (tertiary/aromatic N) is 2. The highest BCUT2D eigenvalue weighted by Crippen LogP contribution is 2.39. The molecule has 170 valence electrons. The van der Waals surface area contributed by atoms with Gasteiger partial charge in [-0.1, -0.05) is 29.8 Å². The van der Waals surface area contributed by atoms with Crippen molar-refractivity contribution < 1.29 is 19.0 Å². The Morgan fingerprint density at radius 1 is 1.03 bits per heavy atom. The van der Waals surface area contributed by atoms with E-state index < -0.39 is 5.97 Å². The first-order chi connectivity index (χ1) is 15.9. The number of methoxy groups -OCH3 is 3. The van der Waals surface area contributed by atoms with Crippen LogP contribution in [-0.2, 0) is 11.3 Å². The lowest BCUT2D eigenvalue weighted by atomic mass is 10.1. The van der Waals surface area contributed by atoms with E-state index in [1.165, 1.54) is 18.4 Å². The number of hydrogen-bond acceptors (Lipinski definition) is 8. The average Bonchev–Trinajstić information content (AvgIpc) is 3.14. The van der Waals surface area contributed by atoms with E-state index in [0.717, 1.165) is 26.2 Å². The van der Waals surface area contributed by atoms with Crippen LogP contribution in [0, 0.1) is 6.92 Å². The fourth-order valence-corrected chi connectivity index (χ4v) is 4.65. The molecule has 0 amide bonds. The Kier molecular flexibility index (Phi) is 6.67. The summed E-state index contributed by atoms with van der Waals surface area (Å²) in [6.07, 6.45) is 0. The number of nitrogens with one attached hydrogen (secondary N) is 1. The molecule has 0 atom stereocenters. The summed E-state index contributed by atoms with van der Waals surface area (Å²) in [7, 11) is 4.56. The molecule has 0 unspecified atom stereocenters. The summed E-state index contributed by atoms with van der Waals surface area (Å²) in [4.78, 5) is 23.0. The average molecular weight is 484 g/mol. The van der Waals surface area contributed by atoms with Gasteiger partial charge in [-0.2, -0.15) is 0 Å². The van der Waals surface area contributed by atoms with Crippen LogP contribution in [0.4, 0.5) is 5.82 Å². The van der Waals surface area contributed by atoms with Gasteiger partial charge >= 0.3 is 5.97 Å². The molecule has 4 aromatic rings. The van der Waals surface area contributed by atoms with Crippen molar-refractivity contribution in [2.45, 2.75) is 13.5 Å². The highest BCUT2D eigenvalue weighted by atomic mass is 35.5. The summed E-state index contributed by atoms with van der Waals surface area (Å²) in [5.41, 5.74) is 2.23. The molecule has 2 heterocycles. The van der Waals surface area contributed by atoms with E-state index >= 15 is 0 Å². The normalized spacial score (nSPS) is 10.8. The summed E-state index contributed by atoms with van der Waals surface area (Å²) in [6, 6.07) is 12.7. The Morgan fingerprint density at radius 3 is 2.42 bits per heavy atom. The molecule has 0 radical (unpaired) electrons. The van der Waals surface area contributed by atoms with E-state index in [1.54, 1.807) is 38.5 Å². The SMILES string of the molecule is COC(=O)c1ccc(-c2nc(NCc3ccc(OC)c(OC)c3)c3c(Cl)c(C)sc3n2)cc1. The van der Waals surface area contributed by atoms with E-state index in [1.807, 2.05) is 25.1 Å². The minimum atomic E-state index is -0.393. The number of rotatable bonds is 7. The third kappa shape index (κ3) is 4.58. The van der Waals surface area contributed by atoms with Crippen LogP contribution >= 0.6 is 22.9 Å². The van der Waals surface area contributed by atoms with E-state index in [9.17, 15) is 4.79 Å². The highest BCUT2D eigenvalue weighted by molar-refractivity contribution is 7.19. The number of esters is 1. The number of fused-ring (bicyclic) bond motifs is 1. The molecule has 0 aliphatic heterocycles. The van der Waals surface area contributed by atoms with Crippen molar-refractivity contribution in [3.63, 3.8) is 0 Å². The maximum Gasteiger partial charge on any atom is 0.337 e. The minimum absolute atomic E-state index is 0.393. The Balaban J connectivity index is 1.70. The van der Waals surface area contributed by atoms with Crippen LogP contribution in [0.25, 0.3) is 21.6 Å². The van der Waals surface area contributed by atoms with Gasteiger partial charge in [-0.25, -0.2) is 14.8 Å². The minimum Gasteiger partial charge on any atom is -0.493 e. The molecule has 2 aromatic carbocycles. The zero-order valence-electron chi connectivity index (χ0n) is 18.6. The lowest BCUT2D eigenvalue weighted by molar-refractivity contribution is 0.0600. The number of aryl methyl sites for hydroxylation is 1. The molecule has 1 N–H and O–H groups in total. The fourth-order valence-electron chi connectivity index (χ4n) is 3.38. The van der Waals surface area contributed by atoms with Gasteiger partial charge in [-0.15, -0.1) is 11.3 Å². The number of anilines is 1. The van der Waals surface area contributed by atoms with Crippen molar-refractivity contribution in [3.8, 4) is 22.9 Å². The number of thiophene rings is 1. The first-order valence-electron chi connectivity index (χ1n) is 10.0. The predicted octanol–water partition coefficient (Wildman–Crippen LogP) is 5.74. The summed E-state index contributed by atoms with van der Waals surface area (Å²) >= 11 is 8.10. The highest BCUT2D eigenvalue weighted by Gasteiger charge is 2.17. The van der Waals surface area contributed by atoms with Crippen LogP contribution in [-0.4, -0.2) is 37.3 Å². The molecule has 0 spiro atoms. The van der Waals surface area contributed by atoms with Gasteiger partial charge in [-0.05, 0) is 36.8 Å². The van der Waals surface area contributed by atoms with Crippen LogP contribution < -0.4 is 14.8 Å². The number of benzene rings is 2. The van der Waals surface area contributed by atoms with Gasteiger partial charge < -0.3 is 19.5 Å². The van der Waals surface area contributed by atoms with Crippen LogP contribution in [0.15, 0.2) is 42.5 Å². The van der Waals surface area contributed by atoms with Crippen molar-refractivity contribution in [1.29, 1.82) is 0 Å². The maximum atomic E-state index is 11.7. The van der Waals surface area contributed by atoms with Crippen molar-refractivity contribution in [2.24, 2.45) is 0 Å². The second kappa shape index (κ2) is 9.64. The lowest BCUT2D eigenvalue weighted by Gasteiger charge is -2.12. The first kappa shape index (κ1) is 22.8. The predicted molar refractivity (Wildman–Crippen MR) is 131 cm³/mol. The topological polar surface area (TPSA) is 82.6 Å². The molecule has 0 bridgehead atoms. The van der Waals surface area contributed by atoms with E-state index in [0.29, 0.717) is 40.3 Å². The Bertz CT molecular complexity index is 1320. The smallest absolute Gasteiger partial charge is 0.337 e. The number of ether oxygens (including phenoxy) is 3. The third-order valence-electron chi connectivity index (χ3n) is 5.13. The van der Waals surface area contributed by atoms with Gasteiger partial charge in [-0.3, -0.25) is 0 Å². The monoisotopic (exact) mass is 483 g/mol. The van der Waals surface area contributed by atoms with Crippen LogP contribution in [0.1, 0.15) is 20.8 Å². The Morgan fingerprint density at radius 2 is 1.76 bits per heavy atom. The number of aromatic nitrogens is 2. The Labute approximate surface area is 200 Å². The lowest BCUT2D eigenvalue weighted by Crippen LogP contribution is -2.05. The number of carbonyl (C=O) groups excluding carboxylic acids is 1. The molecule has 0 aliphatic carbocycles. The molecule has 2 aromatic heterocycles. The third-order valence-corrected chi connectivity index (χ3v) is 6.71. The standard InChI is InChI=1S/C24H22ClN3O4S/c1-13-20(25)19-22(26-12-14-5-10-17(30-2)18(11-14)31-3)27-21(28-23(19)33-13)15-6-8-16(9-7-15)24(29)32-4/h5-11H,12H2,1-4H3,(H,26,27,28). The molecule has 0 saturated heterocycles. The molecular weight excluding hydrogens is 462 g/mol.